The summed E-state index contributed by atoms with van der Waals surface area (Å²) >= 11 is 0. The van der Waals surface area contributed by atoms with Crippen LogP contribution in [-0.4, -0.2) is 33.0 Å². The van der Waals surface area contributed by atoms with Crippen molar-refractivity contribution >= 4 is 0 Å². The molecule has 0 unspecified atom stereocenters. The van der Waals surface area contributed by atoms with Gasteiger partial charge in [0.2, 0.25) is 5.82 Å². The highest BCUT2D eigenvalue weighted by molar-refractivity contribution is 5.51. The molecule has 2 aromatic heterocycles. The molecule has 0 bridgehead atoms. The fourth-order valence-electron chi connectivity index (χ4n) is 3.09. The number of rotatable bonds is 6. The average Bonchev–Trinajstić information content (AvgIpc) is 3.37. The van der Waals surface area contributed by atoms with Crippen molar-refractivity contribution in [2.75, 3.05) is 7.11 Å². The lowest BCUT2D eigenvalue weighted by molar-refractivity contribution is 0.0445. The van der Waals surface area contributed by atoms with Gasteiger partial charge in [-0.2, -0.15) is 0 Å². The largest absolute Gasteiger partial charge is 0.495 e. The molecule has 1 aliphatic carbocycles. The van der Waals surface area contributed by atoms with E-state index in [9.17, 15) is 0 Å². The monoisotopic (exact) mass is 362 g/mol. The second-order valence-corrected chi connectivity index (χ2v) is 6.51. The number of aromatic nitrogens is 4. The lowest BCUT2D eigenvalue weighted by Gasteiger charge is -2.12. The molecule has 138 valence electrons. The van der Waals surface area contributed by atoms with Gasteiger partial charge in [-0.05, 0) is 43.5 Å². The van der Waals surface area contributed by atoms with Crippen LogP contribution in [0.25, 0.3) is 17.2 Å². The zero-order valence-corrected chi connectivity index (χ0v) is 15.5. The maximum Gasteiger partial charge on any atom is 0.200 e. The van der Waals surface area contributed by atoms with E-state index in [0.717, 1.165) is 29.9 Å². The van der Waals surface area contributed by atoms with E-state index in [1.807, 2.05) is 35.0 Å². The molecule has 0 aliphatic heterocycles. The topological polar surface area (TPSA) is 62.1 Å². The van der Waals surface area contributed by atoms with Crippen LogP contribution in [-0.2, 0) is 11.3 Å². The van der Waals surface area contributed by atoms with Gasteiger partial charge in [-0.25, -0.2) is 14.6 Å². The number of ether oxygens (including phenoxy) is 2. The number of pyridine rings is 1. The van der Waals surface area contributed by atoms with E-state index in [-0.39, 0.29) is 6.10 Å². The summed E-state index contributed by atoms with van der Waals surface area (Å²) in [4.78, 5) is 9.13. The summed E-state index contributed by atoms with van der Waals surface area (Å²) in [6.07, 6.45) is 8.10. The van der Waals surface area contributed by atoms with Crippen LogP contribution in [0, 0.1) is 6.92 Å². The normalized spacial score (nSPS) is 14.0. The Labute approximate surface area is 158 Å². The van der Waals surface area contributed by atoms with E-state index >= 15 is 0 Å². The van der Waals surface area contributed by atoms with Crippen molar-refractivity contribution in [3.8, 4) is 23.0 Å². The Morgan fingerprint density at radius 1 is 1.11 bits per heavy atom. The zero-order chi connectivity index (χ0) is 18.6. The number of para-hydroxylation sites is 1. The summed E-state index contributed by atoms with van der Waals surface area (Å²) in [5.41, 5.74) is 2.82. The minimum Gasteiger partial charge on any atom is -0.495 e. The molecular formula is C21H22N4O2. The van der Waals surface area contributed by atoms with Crippen LogP contribution in [0.2, 0.25) is 0 Å². The second kappa shape index (κ2) is 7.72. The summed E-state index contributed by atoms with van der Waals surface area (Å²) < 4.78 is 13.1. The van der Waals surface area contributed by atoms with Crippen molar-refractivity contribution in [1.82, 2.24) is 19.7 Å². The van der Waals surface area contributed by atoms with Gasteiger partial charge in [0, 0.05) is 0 Å². The highest BCUT2D eigenvalue weighted by Gasteiger charge is 2.18. The SMILES string of the molecule is COc1ccc(-c2nc(COC3CC=CC3)n(-c3ccccc3C)n2)nc1. The third-order valence-corrected chi connectivity index (χ3v) is 4.63. The van der Waals surface area contributed by atoms with Gasteiger partial charge >= 0.3 is 0 Å². The van der Waals surface area contributed by atoms with Crippen molar-refractivity contribution in [2.24, 2.45) is 0 Å². The van der Waals surface area contributed by atoms with Crippen LogP contribution in [0.15, 0.2) is 54.7 Å². The van der Waals surface area contributed by atoms with Crippen LogP contribution < -0.4 is 4.74 Å². The highest BCUT2D eigenvalue weighted by Crippen LogP contribution is 2.22. The average molecular weight is 362 g/mol. The molecule has 0 radical (unpaired) electrons. The zero-order valence-electron chi connectivity index (χ0n) is 15.5. The van der Waals surface area contributed by atoms with Gasteiger partial charge in [0.1, 0.15) is 18.1 Å². The van der Waals surface area contributed by atoms with Crippen molar-refractivity contribution < 1.29 is 9.47 Å². The maximum atomic E-state index is 6.05. The van der Waals surface area contributed by atoms with Crippen LogP contribution in [0.4, 0.5) is 0 Å². The first kappa shape index (κ1) is 17.4. The Hall–Kier alpha value is -2.99. The lowest BCUT2D eigenvalue weighted by atomic mass is 10.2. The van der Waals surface area contributed by atoms with Gasteiger partial charge in [-0.15, -0.1) is 5.10 Å². The highest BCUT2D eigenvalue weighted by atomic mass is 16.5. The first-order valence-electron chi connectivity index (χ1n) is 9.03. The fourth-order valence-corrected chi connectivity index (χ4v) is 3.09. The first-order valence-corrected chi connectivity index (χ1v) is 9.03. The molecule has 6 heteroatoms. The van der Waals surface area contributed by atoms with Gasteiger partial charge in [0.25, 0.3) is 0 Å². The van der Waals surface area contributed by atoms with E-state index in [0.29, 0.717) is 23.9 Å². The standard InChI is InChI=1S/C21H22N4O2/c1-15-7-3-6-10-19(15)25-20(14-27-16-8-4-5-9-16)23-21(24-25)18-12-11-17(26-2)13-22-18/h3-7,10-13,16H,8-9,14H2,1-2H3. The third kappa shape index (κ3) is 3.75. The van der Waals surface area contributed by atoms with Crippen molar-refractivity contribution in [1.29, 1.82) is 0 Å². The smallest absolute Gasteiger partial charge is 0.200 e. The summed E-state index contributed by atoms with van der Waals surface area (Å²) in [5, 5.41) is 4.72. The number of methoxy groups -OCH3 is 1. The summed E-state index contributed by atoms with van der Waals surface area (Å²) in [6, 6.07) is 11.8. The predicted octanol–water partition coefficient (Wildman–Crippen LogP) is 3.88. The fraction of sp³-hybridized carbons (Fsp3) is 0.286. The summed E-state index contributed by atoms with van der Waals surface area (Å²) in [5.74, 6) is 2.04. The molecule has 1 aliphatic rings. The molecule has 0 amide bonds. The number of hydrogen-bond acceptors (Lipinski definition) is 5. The Bertz CT molecular complexity index is 939. The van der Waals surface area contributed by atoms with E-state index < -0.39 is 0 Å². The van der Waals surface area contributed by atoms with Gasteiger partial charge in [0.05, 0.1) is 25.1 Å². The third-order valence-electron chi connectivity index (χ3n) is 4.63. The summed E-state index contributed by atoms with van der Waals surface area (Å²) in [7, 11) is 1.62. The number of nitrogens with zero attached hydrogens (tertiary/aromatic N) is 4. The molecule has 0 atom stereocenters. The molecule has 0 saturated carbocycles. The molecule has 27 heavy (non-hydrogen) atoms. The summed E-state index contributed by atoms with van der Waals surface area (Å²) in [6.45, 7) is 2.47. The minimum atomic E-state index is 0.217. The van der Waals surface area contributed by atoms with Crippen LogP contribution >= 0.6 is 0 Å². The molecule has 6 nitrogen and oxygen atoms in total. The molecule has 2 heterocycles. The van der Waals surface area contributed by atoms with Crippen molar-refractivity contribution in [2.45, 2.75) is 32.5 Å². The molecule has 0 saturated heterocycles. The Morgan fingerprint density at radius 3 is 2.63 bits per heavy atom. The van der Waals surface area contributed by atoms with Crippen molar-refractivity contribution in [3.63, 3.8) is 0 Å². The van der Waals surface area contributed by atoms with Crippen LogP contribution in [0.5, 0.6) is 5.75 Å². The molecule has 0 fully saturated rings. The van der Waals surface area contributed by atoms with E-state index in [2.05, 4.69) is 30.1 Å². The molecule has 1 aromatic carbocycles. The van der Waals surface area contributed by atoms with Gasteiger partial charge in [-0.1, -0.05) is 30.4 Å². The quantitative estimate of drug-likeness (QED) is 0.623. The minimum absolute atomic E-state index is 0.217. The van der Waals surface area contributed by atoms with Crippen LogP contribution in [0.3, 0.4) is 0 Å². The molecule has 0 N–H and O–H groups in total. The van der Waals surface area contributed by atoms with Gasteiger partial charge in [-0.3, -0.25) is 0 Å². The van der Waals surface area contributed by atoms with Gasteiger partial charge < -0.3 is 9.47 Å². The second-order valence-electron chi connectivity index (χ2n) is 6.51. The molecular weight excluding hydrogens is 340 g/mol. The van der Waals surface area contributed by atoms with Crippen molar-refractivity contribution in [3.05, 3.63) is 66.1 Å². The van der Waals surface area contributed by atoms with Crippen LogP contribution in [0.1, 0.15) is 24.2 Å². The lowest BCUT2D eigenvalue weighted by Crippen LogP contribution is -2.12. The Balaban J connectivity index is 1.68. The Morgan fingerprint density at radius 2 is 1.93 bits per heavy atom. The van der Waals surface area contributed by atoms with E-state index in [1.54, 1.807) is 13.3 Å². The van der Waals surface area contributed by atoms with E-state index in [1.165, 1.54) is 0 Å². The Kier molecular flexibility index (Phi) is 4.98. The number of aryl methyl sites for hydroxylation is 1. The molecule has 0 spiro atoms. The maximum absolute atomic E-state index is 6.05. The van der Waals surface area contributed by atoms with Gasteiger partial charge in [0.15, 0.2) is 5.82 Å². The number of hydrogen-bond donors (Lipinski definition) is 0. The molecule has 3 aromatic rings. The molecule has 4 rings (SSSR count). The number of benzene rings is 1. The van der Waals surface area contributed by atoms with E-state index in [4.69, 9.17) is 19.6 Å². The predicted molar refractivity (Wildman–Crippen MR) is 103 cm³/mol. The first-order chi connectivity index (χ1) is 13.2.